The summed E-state index contributed by atoms with van der Waals surface area (Å²) in [6, 6.07) is 4.02. The van der Waals surface area contributed by atoms with Crippen molar-refractivity contribution in [1.29, 1.82) is 0 Å². The highest BCUT2D eigenvalue weighted by molar-refractivity contribution is 6.33. The summed E-state index contributed by atoms with van der Waals surface area (Å²) in [7, 11) is 1.29. The lowest BCUT2D eigenvalue weighted by Crippen LogP contribution is -2.26. The van der Waals surface area contributed by atoms with Crippen molar-refractivity contribution in [3.63, 3.8) is 0 Å². The van der Waals surface area contributed by atoms with Crippen LogP contribution in [-0.4, -0.2) is 25.5 Å². The minimum Gasteiger partial charge on any atom is -0.469 e. The number of esters is 1. The van der Waals surface area contributed by atoms with Crippen molar-refractivity contribution >= 4 is 23.5 Å². The van der Waals surface area contributed by atoms with E-state index in [2.05, 4.69) is 10.1 Å². The average molecular weight is 274 g/mol. The molecule has 1 N–H and O–H groups in total. The van der Waals surface area contributed by atoms with Crippen LogP contribution in [0.25, 0.3) is 0 Å². The summed E-state index contributed by atoms with van der Waals surface area (Å²) in [5, 5.41) is 2.54. The van der Waals surface area contributed by atoms with Gasteiger partial charge in [0.2, 0.25) is 0 Å². The van der Waals surface area contributed by atoms with Crippen molar-refractivity contribution in [1.82, 2.24) is 5.32 Å². The number of halogens is 2. The second-order valence-corrected chi connectivity index (χ2v) is 3.94. The molecule has 0 saturated carbocycles. The molecule has 1 rings (SSSR count). The first-order chi connectivity index (χ1) is 8.56. The highest BCUT2D eigenvalue weighted by atomic mass is 35.5. The third kappa shape index (κ3) is 4.00. The Morgan fingerprint density at radius 1 is 1.44 bits per heavy atom. The fraction of sp³-hybridized carbons (Fsp3) is 0.333. The zero-order valence-corrected chi connectivity index (χ0v) is 10.6. The lowest BCUT2D eigenvalue weighted by Gasteiger charge is -2.07. The van der Waals surface area contributed by atoms with Crippen molar-refractivity contribution in [2.45, 2.75) is 12.8 Å². The minimum absolute atomic E-state index is 0.0560. The second kappa shape index (κ2) is 6.96. The number of carbonyl (C=O) groups is 2. The normalized spacial score (nSPS) is 9.94. The Bertz CT molecular complexity index is 431. The van der Waals surface area contributed by atoms with Gasteiger partial charge in [-0.05, 0) is 18.6 Å². The summed E-state index contributed by atoms with van der Waals surface area (Å²) in [6.45, 7) is 0.249. The maximum atomic E-state index is 13.4. The Morgan fingerprint density at radius 2 is 2.17 bits per heavy atom. The number of ether oxygens (including phenoxy) is 1. The fourth-order valence-corrected chi connectivity index (χ4v) is 1.59. The average Bonchev–Trinajstić information content (AvgIpc) is 2.34. The van der Waals surface area contributed by atoms with Crippen molar-refractivity contribution in [3.05, 3.63) is 34.6 Å². The molecule has 1 amide bonds. The molecule has 0 unspecified atom stereocenters. The highest BCUT2D eigenvalue weighted by Crippen LogP contribution is 2.18. The van der Waals surface area contributed by atoms with Crippen molar-refractivity contribution in [3.8, 4) is 0 Å². The number of hydrogen-bond donors (Lipinski definition) is 1. The summed E-state index contributed by atoms with van der Waals surface area (Å²) in [4.78, 5) is 22.5. The molecule has 0 aliphatic carbocycles. The molecule has 0 fully saturated rings. The van der Waals surface area contributed by atoms with Gasteiger partial charge in [0.05, 0.1) is 17.7 Å². The number of benzene rings is 1. The third-order valence-electron chi connectivity index (χ3n) is 2.26. The number of methoxy groups -OCH3 is 1. The van der Waals surface area contributed by atoms with Gasteiger partial charge in [0.25, 0.3) is 5.91 Å². The molecule has 0 bridgehead atoms. The van der Waals surface area contributed by atoms with Crippen LogP contribution in [0.15, 0.2) is 18.2 Å². The van der Waals surface area contributed by atoms with Gasteiger partial charge in [-0.2, -0.15) is 0 Å². The van der Waals surface area contributed by atoms with Gasteiger partial charge in [0, 0.05) is 13.0 Å². The Labute approximate surface area is 109 Å². The Balaban J connectivity index is 2.49. The highest BCUT2D eigenvalue weighted by Gasteiger charge is 2.15. The molecule has 6 heteroatoms. The van der Waals surface area contributed by atoms with E-state index in [9.17, 15) is 14.0 Å². The van der Waals surface area contributed by atoms with E-state index in [1.165, 1.54) is 19.2 Å². The van der Waals surface area contributed by atoms with Gasteiger partial charge in [0.1, 0.15) is 5.82 Å². The molecule has 1 aromatic carbocycles. The Morgan fingerprint density at radius 3 is 2.78 bits per heavy atom. The standard InChI is InChI=1S/C12H13ClFNO3/c1-18-10(16)6-3-7-15-12(17)11-8(13)4-2-5-9(11)14/h2,4-5H,3,6-7H2,1H3,(H,15,17). The molecule has 0 atom stereocenters. The third-order valence-corrected chi connectivity index (χ3v) is 2.58. The quantitative estimate of drug-likeness (QED) is 0.661. The van der Waals surface area contributed by atoms with Crippen LogP contribution < -0.4 is 5.32 Å². The minimum atomic E-state index is -0.673. The van der Waals surface area contributed by atoms with Crippen LogP contribution in [0, 0.1) is 5.82 Å². The summed E-state index contributed by atoms with van der Waals surface area (Å²) < 4.78 is 17.8. The van der Waals surface area contributed by atoms with Crippen LogP contribution in [0.1, 0.15) is 23.2 Å². The van der Waals surface area contributed by atoms with E-state index >= 15 is 0 Å². The maximum Gasteiger partial charge on any atom is 0.305 e. The number of amides is 1. The van der Waals surface area contributed by atoms with E-state index in [-0.39, 0.29) is 29.5 Å². The van der Waals surface area contributed by atoms with E-state index < -0.39 is 11.7 Å². The van der Waals surface area contributed by atoms with E-state index in [1.807, 2.05) is 0 Å². The number of rotatable bonds is 5. The lowest BCUT2D eigenvalue weighted by molar-refractivity contribution is -0.140. The SMILES string of the molecule is COC(=O)CCCNC(=O)c1c(F)cccc1Cl. The van der Waals surface area contributed by atoms with Gasteiger partial charge >= 0.3 is 5.97 Å². The topological polar surface area (TPSA) is 55.4 Å². The van der Waals surface area contributed by atoms with E-state index in [4.69, 9.17) is 11.6 Å². The van der Waals surface area contributed by atoms with Crippen LogP contribution in [0.4, 0.5) is 4.39 Å². The van der Waals surface area contributed by atoms with Gasteiger partial charge < -0.3 is 10.1 Å². The molecule has 0 radical (unpaired) electrons. The molecule has 0 aliphatic rings. The predicted octanol–water partition coefficient (Wildman–Crippen LogP) is 2.16. The van der Waals surface area contributed by atoms with Crippen molar-refractivity contribution in [2.24, 2.45) is 0 Å². The molecule has 4 nitrogen and oxygen atoms in total. The zero-order valence-electron chi connectivity index (χ0n) is 9.83. The summed E-state index contributed by atoms with van der Waals surface area (Å²) in [5.74, 6) is -1.62. The molecule has 0 heterocycles. The molecular formula is C12H13ClFNO3. The van der Waals surface area contributed by atoms with E-state index in [0.29, 0.717) is 6.42 Å². The van der Waals surface area contributed by atoms with Crippen LogP contribution in [-0.2, 0) is 9.53 Å². The summed E-state index contributed by atoms with van der Waals surface area (Å²) >= 11 is 5.74. The molecule has 0 saturated heterocycles. The molecule has 98 valence electrons. The summed E-state index contributed by atoms with van der Waals surface area (Å²) in [5.41, 5.74) is -0.183. The first-order valence-electron chi connectivity index (χ1n) is 5.35. The molecule has 0 spiro atoms. The fourth-order valence-electron chi connectivity index (χ4n) is 1.34. The lowest BCUT2D eigenvalue weighted by atomic mass is 10.2. The first-order valence-corrected chi connectivity index (χ1v) is 5.73. The van der Waals surface area contributed by atoms with Gasteiger partial charge in [0.15, 0.2) is 0 Å². The smallest absolute Gasteiger partial charge is 0.305 e. The Hall–Kier alpha value is -1.62. The van der Waals surface area contributed by atoms with Gasteiger partial charge in [-0.25, -0.2) is 4.39 Å². The van der Waals surface area contributed by atoms with E-state index in [0.717, 1.165) is 6.07 Å². The number of hydrogen-bond acceptors (Lipinski definition) is 3. The van der Waals surface area contributed by atoms with Crippen molar-refractivity contribution in [2.75, 3.05) is 13.7 Å². The monoisotopic (exact) mass is 273 g/mol. The zero-order chi connectivity index (χ0) is 13.5. The largest absolute Gasteiger partial charge is 0.469 e. The van der Waals surface area contributed by atoms with Crippen LogP contribution in [0.3, 0.4) is 0 Å². The first kappa shape index (κ1) is 14.4. The van der Waals surface area contributed by atoms with Crippen LogP contribution >= 0.6 is 11.6 Å². The van der Waals surface area contributed by atoms with Gasteiger partial charge in [-0.15, -0.1) is 0 Å². The molecule has 0 aliphatic heterocycles. The summed E-state index contributed by atoms with van der Waals surface area (Å²) in [6.07, 6.45) is 0.617. The van der Waals surface area contributed by atoms with Crippen LogP contribution in [0.2, 0.25) is 5.02 Å². The predicted molar refractivity (Wildman–Crippen MR) is 65.0 cm³/mol. The maximum absolute atomic E-state index is 13.4. The second-order valence-electron chi connectivity index (χ2n) is 3.53. The molecule has 1 aromatic rings. The Kier molecular flexibility index (Phi) is 5.58. The number of nitrogens with one attached hydrogen (secondary N) is 1. The molecule has 0 aromatic heterocycles. The van der Waals surface area contributed by atoms with Gasteiger partial charge in [-0.3, -0.25) is 9.59 Å². The molecular weight excluding hydrogens is 261 g/mol. The van der Waals surface area contributed by atoms with Crippen LogP contribution in [0.5, 0.6) is 0 Å². The number of carbonyl (C=O) groups excluding carboxylic acids is 2. The van der Waals surface area contributed by atoms with Crippen molar-refractivity contribution < 1.29 is 18.7 Å². The molecule has 18 heavy (non-hydrogen) atoms. The van der Waals surface area contributed by atoms with E-state index in [1.54, 1.807) is 0 Å². The van der Waals surface area contributed by atoms with Gasteiger partial charge in [-0.1, -0.05) is 17.7 Å².